The van der Waals surface area contributed by atoms with Gasteiger partial charge in [0.1, 0.15) is 9.84 Å². The largest absolute Gasteiger partial charge is 0.294 e. The minimum atomic E-state index is -3.04. The molecule has 1 aromatic rings. The second-order valence-corrected chi connectivity index (χ2v) is 8.78. The fourth-order valence-electron chi connectivity index (χ4n) is 3.04. The van der Waals surface area contributed by atoms with Crippen molar-refractivity contribution in [3.8, 4) is 0 Å². The Morgan fingerprint density at radius 2 is 1.76 bits per heavy atom. The number of carbonyl (C=O) groups is 1. The van der Waals surface area contributed by atoms with Gasteiger partial charge in [0.2, 0.25) is 0 Å². The summed E-state index contributed by atoms with van der Waals surface area (Å²) in [5.74, 6) is 0.389. The zero-order valence-corrected chi connectivity index (χ0v) is 13.8. The Labute approximate surface area is 127 Å². The summed E-state index contributed by atoms with van der Waals surface area (Å²) in [7, 11) is -3.04. The lowest BCUT2D eigenvalue weighted by Crippen LogP contribution is -2.31. The molecular formula is C17H24O3S. The molecule has 0 spiro atoms. The lowest BCUT2D eigenvalue weighted by Gasteiger charge is -2.27. The highest BCUT2D eigenvalue weighted by atomic mass is 32.2. The van der Waals surface area contributed by atoms with Gasteiger partial charge in [-0.2, -0.15) is 0 Å². The van der Waals surface area contributed by atoms with Gasteiger partial charge in [-0.05, 0) is 30.7 Å². The van der Waals surface area contributed by atoms with Crippen LogP contribution in [0.5, 0.6) is 0 Å². The Bertz CT molecular complexity index is 599. The van der Waals surface area contributed by atoms with Crippen LogP contribution in [-0.4, -0.2) is 25.7 Å². The number of carbonyl (C=O) groups excluding carboxylic acids is 1. The fourth-order valence-corrected chi connectivity index (χ4v) is 4.22. The summed E-state index contributed by atoms with van der Waals surface area (Å²) in [5.41, 5.74) is 1.92. The molecule has 0 aromatic heterocycles. The fraction of sp³-hybridized carbons (Fsp3) is 0.588. The zero-order valence-electron chi connectivity index (χ0n) is 13.0. The second kappa shape index (κ2) is 6.30. The highest BCUT2D eigenvalue weighted by molar-refractivity contribution is 7.91. The SMILES string of the molecule is CC(C)c1ccc(C(=O)C2CCCC(S(C)(=O)=O)C2)cc1. The maximum absolute atomic E-state index is 12.6. The lowest BCUT2D eigenvalue weighted by molar-refractivity contribution is 0.0891. The van der Waals surface area contributed by atoms with Gasteiger partial charge in [-0.15, -0.1) is 0 Å². The predicted octanol–water partition coefficient (Wildman–Crippen LogP) is 3.60. The second-order valence-electron chi connectivity index (χ2n) is 6.46. The summed E-state index contributed by atoms with van der Waals surface area (Å²) < 4.78 is 23.4. The van der Waals surface area contributed by atoms with Gasteiger partial charge < -0.3 is 0 Å². The van der Waals surface area contributed by atoms with E-state index in [1.54, 1.807) is 0 Å². The van der Waals surface area contributed by atoms with Crippen LogP contribution in [0.25, 0.3) is 0 Å². The predicted molar refractivity (Wildman–Crippen MR) is 85.5 cm³/mol. The summed E-state index contributed by atoms with van der Waals surface area (Å²) in [5, 5.41) is -0.352. The summed E-state index contributed by atoms with van der Waals surface area (Å²) >= 11 is 0. The van der Waals surface area contributed by atoms with Gasteiger partial charge in [0.15, 0.2) is 5.78 Å². The molecular weight excluding hydrogens is 284 g/mol. The summed E-state index contributed by atoms with van der Waals surface area (Å²) in [6.45, 7) is 4.24. The van der Waals surface area contributed by atoms with Crippen molar-refractivity contribution < 1.29 is 13.2 Å². The summed E-state index contributed by atoms with van der Waals surface area (Å²) in [4.78, 5) is 12.6. The molecule has 0 aliphatic heterocycles. The monoisotopic (exact) mass is 308 g/mol. The van der Waals surface area contributed by atoms with E-state index in [1.807, 2.05) is 24.3 Å². The Balaban J connectivity index is 2.12. The maximum atomic E-state index is 12.6. The van der Waals surface area contributed by atoms with E-state index in [0.717, 1.165) is 12.8 Å². The highest BCUT2D eigenvalue weighted by Gasteiger charge is 2.32. The molecule has 2 atom stereocenters. The van der Waals surface area contributed by atoms with Crippen molar-refractivity contribution in [1.82, 2.24) is 0 Å². The van der Waals surface area contributed by atoms with Crippen LogP contribution < -0.4 is 0 Å². The Morgan fingerprint density at radius 3 is 2.29 bits per heavy atom. The Morgan fingerprint density at radius 1 is 1.14 bits per heavy atom. The van der Waals surface area contributed by atoms with Crippen molar-refractivity contribution in [2.75, 3.05) is 6.26 Å². The van der Waals surface area contributed by atoms with Gasteiger partial charge in [-0.25, -0.2) is 8.42 Å². The number of ketones is 1. The number of rotatable bonds is 4. The topological polar surface area (TPSA) is 51.2 Å². The third-order valence-corrected chi connectivity index (χ3v) is 6.10. The minimum Gasteiger partial charge on any atom is -0.294 e. The van der Waals surface area contributed by atoms with Crippen molar-refractivity contribution in [2.45, 2.75) is 50.7 Å². The summed E-state index contributed by atoms with van der Waals surface area (Å²) in [6, 6.07) is 7.74. The smallest absolute Gasteiger partial charge is 0.165 e. The van der Waals surface area contributed by atoms with E-state index >= 15 is 0 Å². The molecule has 0 amide bonds. The average Bonchev–Trinajstić information content (AvgIpc) is 2.46. The van der Waals surface area contributed by atoms with E-state index in [4.69, 9.17) is 0 Å². The molecule has 0 N–H and O–H groups in total. The van der Waals surface area contributed by atoms with Crippen LogP contribution in [0.1, 0.15) is 61.4 Å². The molecule has 0 radical (unpaired) electrons. The van der Waals surface area contributed by atoms with Gasteiger partial charge in [0.05, 0.1) is 5.25 Å². The molecule has 21 heavy (non-hydrogen) atoms. The van der Waals surface area contributed by atoms with Crippen LogP contribution in [-0.2, 0) is 9.84 Å². The molecule has 4 heteroatoms. The highest BCUT2D eigenvalue weighted by Crippen LogP contribution is 2.31. The van der Waals surface area contributed by atoms with Crippen LogP contribution in [0.3, 0.4) is 0 Å². The molecule has 1 saturated carbocycles. The van der Waals surface area contributed by atoms with Crippen LogP contribution in [0.4, 0.5) is 0 Å². The first kappa shape index (κ1) is 16.2. The van der Waals surface area contributed by atoms with Crippen molar-refractivity contribution >= 4 is 15.6 Å². The first-order valence-corrected chi connectivity index (χ1v) is 9.57. The van der Waals surface area contributed by atoms with E-state index < -0.39 is 9.84 Å². The molecule has 0 heterocycles. The number of hydrogen-bond donors (Lipinski definition) is 0. The molecule has 2 rings (SSSR count). The van der Waals surface area contributed by atoms with Crippen molar-refractivity contribution in [3.05, 3.63) is 35.4 Å². The van der Waals surface area contributed by atoms with Crippen LogP contribution in [0.15, 0.2) is 24.3 Å². The average molecular weight is 308 g/mol. The molecule has 1 aliphatic rings. The number of Topliss-reactive ketones (excluding diaryl/α,β-unsaturated/α-hetero) is 1. The third-order valence-electron chi connectivity index (χ3n) is 4.46. The normalized spacial score (nSPS) is 23.2. The van der Waals surface area contributed by atoms with E-state index in [2.05, 4.69) is 13.8 Å². The zero-order chi connectivity index (χ0) is 15.6. The Kier molecular flexibility index (Phi) is 4.87. The van der Waals surface area contributed by atoms with E-state index in [1.165, 1.54) is 11.8 Å². The standard InChI is InChI=1S/C17H24O3S/c1-12(2)13-7-9-14(10-8-13)17(18)15-5-4-6-16(11-15)21(3,19)20/h7-10,12,15-16H,4-6,11H2,1-3H3. The van der Waals surface area contributed by atoms with Crippen LogP contribution in [0.2, 0.25) is 0 Å². The number of benzene rings is 1. The first-order valence-electron chi connectivity index (χ1n) is 7.62. The molecule has 2 unspecified atom stereocenters. The quantitative estimate of drug-likeness (QED) is 0.799. The van der Waals surface area contributed by atoms with Gasteiger partial charge in [-0.3, -0.25) is 4.79 Å². The lowest BCUT2D eigenvalue weighted by atomic mass is 9.83. The van der Waals surface area contributed by atoms with E-state index in [0.29, 0.717) is 24.3 Å². The molecule has 0 bridgehead atoms. The molecule has 0 saturated heterocycles. The molecule has 1 aromatic carbocycles. The first-order chi connectivity index (χ1) is 9.79. The van der Waals surface area contributed by atoms with Gasteiger partial charge in [0.25, 0.3) is 0 Å². The van der Waals surface area contributed by atoms with Gasteiger partial charge in [0, 0.05) is 17.7 Å². The molecule has 116 valence electrons. The summed E-state index contributed by atoms with van der Waals surface area (Å²) in [6.07, 6.45) is 4.06. The van der Waals surface area contributed by atoms with Crippen LogP contribution in [0, 0.1) is 5.92 Å². The van der Waals surface area contributed by atoms with Crippen LogP contribution >= 0.6 is 0 Å². The van der Waals surface area contributed by atoms with Crippen molar-refractivity contribution in [1.29, 1.82) is 0 Å². The Hall–Kier alpha value is -1.16. The molecule has 3 nitrogen and oxygen atoms in total. The van der Waals surface area contributed by atoms with E-state index in [9.17, 15) is 13.2 Å². The van der Waals surface area contributed by atoms with E-state index in [-0.39, 0.29) is 17.0 Å². The maximum Gasteiger partial charge on any atom is 0.165 e. The van der Waals surface area contributed by atoms with Crippen molar-refractivity contribution in [2.24, 2.45) is 5.92 Å². The number of hydrogen-bond acceptors (Lipinski definition) is 3. The molecule has 1 aliphatic carbocycles. The molecule has 1 fully saturated rings. The minimum absolute atomic E-state index is 0.0960. The van der Waals surface area contributed by atoms with Crippen molar-refractivity contribution in [3.63, 3.8) is 0 Å². The third kappa shape index (κ3) is 3.94. The van der Waals surface area contributed by atoms with Gasteiger partial charge in [-0.1, -0.05) is 44.5 Å². The van der Waals surface area contributed by atoms with Gasteiger partial charge >= 0.3 is 0 Å². The number of sulfone groups is 1.